The fourth-order valence-corrected chi connectivity index (χ4v) is 1.23. The van der Waals surface area contributed by atoms with Crippen molar-refractivity contribution >= 4 is 17.5 Å². The molecule has 3 N–H and O–H groups in total. The largest absolute Gasteiger partial charge is 0.400 e. The quantitative estimate of drug-likeness (QED) is 0.838. The molecular formula is C9H8F6N4O. The average molecular weight is 302 g/mol. The second-order valence-corrected chi connectivity index (χ2v) is 3.68. The van der Waals surface area contributed by atoms with Crippen LogP contribution < -0.4 is 11.1 Å². The Kier molecular flexibility index (Phi) is 4.40. The standard InChI is InChI=1S/C9H8F6N4O/c10-8(11,12)4(9(13,14)15)3-5(20)19-7-6(16)17-1-2-18-7/h1-2,4H,3H2,(H2,16,17)(H,18,19,20). The van der Waals surface area contributed by atoms with Gasteiger partial charge in [0.1, 0.15) is 0 Å². The summed E-state index contributed by atoms with van der Waals surface area (Å²) in [4.78, 5) is 18.2. The van der Waals surface area contributed by atoms with E-state index in [2.05, 4.69) is 9.97 Å². The molecule has 1 amide bonds. The molecule has 11 heteroatoms. The molecule has 0 bridgehead atoms. The van der Waals surface area contributed by atoms with E-state index in [9.17, 15) is 31.1 Å². The zero-order valence-corrected chi connectivity index (χ0v) is 9.59. The molecule has 0 radical (unpaired) electrons. The number of amides is 1. The SMILES string of the molecule is Nc1nccnc1NC(=O)CC(C(F)(F)F)C(F)(F)F. The van der Waals surface area contributed by atoms with Crippen LogP contribution in [0.5, 0.6) is 0 Å². The number of nitrogens with two attached hydrogens (primary N) is 1. The van der Waals surface area contributed by atoms with Crippen LogP contribution in [-0.2, 0) is 4.79 Å². The van der Waals surface area contributed by atoms with Crippen LogP contribution in [-0.4, -0.2) is 28.2 Å². The van der Waals surface area contributed by atoms with Gasteiger partial charge in [-0.1, -0.05) is 0 Å². The monoisotopic (exact) mass is 302 g/mol. The van der Waals surface area contributed by atoms with Gasteiger partial charge in [-0.2, -0.15) is 26.3 Å². The van der Waals surface area contributed by atoms with Gasteiger partial charge in [-0.15, -0.1) is 0 Å². The minimum Gasteiger partial charge on any atom is -0.381 e. The van der Waals surface area contributed by atoms with Gasteiger partial charge >= 0.3 is 12.4 Å². The first-order valence-electron chi connectivity index (χ1n) is 5.01. The Balaban J connectivity index is 2.81. The van der Waals surface area contributed by atoms with Crippen molar-refractivity contribution in [3.8, 4) is 0 Å². The number of carbonyl (C=O) groups excluding carboxylic acids is 1. The lowest BCUT2D eigenvalue weighted by atomic mass is 10.0. The molecule has 0 aliphatic rings. The van der Waals surface area contributed by atoms with E-state index in [0.29, 0.717) is 0 Å². The van der Waals surface area contributed by atoms with Crippen LogP contribution in [0.1, 0.15) is 6.42 Å². The smallest absolute Gasteiger partial charge is 0.381 e. The van der Waals surface area contributed by atoms with Gasteiger partial charge in [-0.3, -0.25) is 4.79 Å². The Morgan fingerprint density at radius 2 is 1.65 bits per heavy atom. The Bertz CT molecular complexity index is 472. The van der Waals surface area contributed by atoms with E-state index in [4.69, 9.17) is 5.73 Å². The number of rotatable bonds is 3. The summed E-state index contributed by atoms with van der Waals surface area (Å²) in [6.45, 7) is 0. The summed E-state index contributed by atoms with van der Waals surface area (Å²) < 4.78 is 73.5. The minimum atomic E-state index is -5.58. The zero-order valence-electron chi connectivity index (χ0n) is 9.59. The number of nitrogen functional groups attached to an aromatic ring is 1. The molecule has 1 aromatic heterocycles. The summed E-state index contributed by atoms with van der Waals surface area (Å²) in [5.41, 5.74) is 5.24. The minimum absolute atomic E-state index is 0.323. The molecule has 0 aliphatic carbocycles. The summed E-state index contributed by atoms with van der Waals surface area (Å²) in [6.07, 6.45) is -10.8. The first-order chi connectivity index (χ1) is 9.01. The molecule has 0 unspecified atom stereocenters. The maximum Gasteiger partial charge on any atom is 0.400 e. The second-order valence-electron chi connectivity index (χ2n) is 3.68. The number of nitrogens with zero attached hydrogens (tertiary/aromatic N) is 2. The number of halogens is 6. The topological polar surface area (TPSA) is 80.9 Å². The van der Waals surface area contributed by atoms with Crippen molar-refractivity contribution in [1.29, 1.82) is 0 Å². The molecule has 1 aromatic rings. The van der Waals surface area contributed by atoms with Gasteiger partial charge in [0.2, 0.25) is 5.91 Å². The Labute approximate surface area is 108 Å². The highest BCUT2D eigenvalue weighted by Crippen LogP contribution is 2.41. The van der Waals surface area contributed by atoms with Crippen LogP contribution in [0, 0.1) is 5.92 Å². The molecule has 20 heavy (non-hydrogen) atoms. The molecule has 0 saturated heterocycles. The zero-order chi connectivity index (χ0) is 15.6. The molecule has 0 atom stereocenters. The molecule has 1 rings (SSSR count). The fourth-order valence-electron chi connectivity index (χ4n) is 1.23. The number of nitrogens with one attached hydrogen (secondary N) is 1. The first kappa shape index (κ1) is 16.0. The van der Waals surface area contributed by atoms with E-state index in [1.807, 2.05) is 0 Å². The predicted molar refractivity (Wildman–Crippen MR) is 55.3 cm³/mol. The van der Waals surface area contributed by atoms with E-state index in [1.165, 1.54) is 0 Å². The van der Waals surface area contributed by atoms with Gasteiger partial charge in [0.15, 0.2) is 17.6 Å². The van der Waals surface area contributed by atoms with Gasteiger partial charge in [0.05, 0.1) is 0 Å². The van der Waals surface area contributed by atoms with Crippen molar-refractivity contribution in [3.63, 3.8) is 0 Å². The summed E-state index contributed by atoms with van der Waals surface area (Å²) in [5, 5.41) is 1.75. The van der Waals surface area contributed by atoms with Crippen LogP contribution in [0.4, 0.5) is 38.0 Å². The van der Waals surface area contributed by atoms with Crippen LogP contribution in [0.15, 0.2) is 12.4 Å². The molecule has 1 heterocycles. The lowest BCUT2D eigenvalue weighted by Crippen LogP contribution is -2.39. The van der Waals surface area contributed by atoms with Crippen molar-refractivity contribution in [2.45, 2.75) is 18.8 Å². The Hall–Kier alpha value is -2.07. The lowest BCUT2D eigenvalue weighted by Gasteiger charge is -2.22. The van der Waals surface area contributed by atoms with Gasteiger partial charge in [-0.05, 0) is 0 Å². The average Bonchev–Trinajstić information content (AvgIpc) is 2.26. The van der Waals surface area contributed by atoms with E-state index in [0.717, 1.165) is 12.4 Å². The third-order valence-corrected chi connectivity index (χ3v) is 2.16. The van der Waals surface area contributed by atoms with Gasteiger partial charge in [0, 0.05) is 18.8 Å². The van der Waals surface area contributed by atoms with Crippen molar-refractivity contribution in [1.82, 2.24) is 9.97 Å². The van der Waals surface area contributed by atoms with Crippen LogP contribution in [0.25, 0.3) is 0 Å². The number of anilines is 2. The maximum atomic E-state index is 12.2. The number of hydrogen-bond acceptors (Lipinski definition) is 4. The van der Waals surface area contributed by atoms with Crippen molar-refractivity contribution in [3.05, 3.63) is 12.4 Å². The van der Waals surface area contributed by atoms with Gasteiger partial charge in [0.25, 0.3) is 0 Å². The normalized spacial score (nSPS) is 12.6. The van der Waals surface area contributed by atoms with Crippen molar-refractivity contribution < 1.29 is 31.1 Å². The molecule has 0 aliphatic heterocycles. The summed E-state index contributed by atoms with van der Waals surface area (Å²) in [6, 6.07) is 0. The van der Waals surface area contributed by atoms with Crippen molar-refractivity contribution in [2.24, 2.45) is 5.92 Å². The molecular weight excluding hydrogens is 294 g/mol. The van der Waals surface area contributed by atoms with Crippen LogP contribution in [0.3, 0.4) is 0 Å². The number of carbonyl (C=O) groups is 1. The van der Waals surface area contributed by atoms with E-state index < -0.39 is 36.4 Å². The Morgan fingerprint density at radius 1 is 1.15 bits per heavy atom. The van der Waals surface area contributed by atoms with E-state index in [-0.39, 0.29) is 5.82 Å². The fraction of sp³-hybridized carbons (Fsp3) is 0.444. The third kappa shape index (κ3) is 4.24. The summed E-state index contributed by atoms with van der Waals surface area (Å²) >= 11 is 0. The molecule has 0 spiro atoms. The highest BCUT2D eigenvalue weighted by atomic mass is 19.4. The number of aromatic nitrogens is 2. The second kappa shape index (κ2) is 5.51. The lowest BCUT2D eigenvalue weighted by molar-refractivity contribution is -0.283. The molecule has 112 valence electrons. The van der Waals surface area contributed by atoms with Gasteiger partial charge in [-0.25, -0.2) is 9.97 Å². The highest BCUT2D eigenvalue weighted by molar-refractivity contribution is 5.92. The number of alkyl halides is 6. The predicted octanol–water partition coefficient (Wildman–Crippen LogP) is 2.13. The van der Waals surface area contributed by atoms with E-state index in [1.54, 1.807) is 5.32 Å². The molecule has 0 aromatic carbocycles. The molecule has 0 saturated carbocycles. The summed E-state index contributed by atoms with van der Waals surface area (Å²) in [7, 11) is 0. The van der Waals surface area contributed by atoms with Crippen LogP contribution in [0.2, 0.25) is 0 Å². The number of hydrogen-bond donors (Lipinski definition) is 2. The van der Waals surface area contributed by atoms with Gasteiger partial charge < -0.3 is 11.1 Å². The van der Waals surface area contributed by atoms with E-state index >= 15 is 0 Å². The third-order valence-electron chi connectivity index (χ3n) is 2.16. The maximum absolute atomic E-state index is 12.2. The Morgan fingerprint density at radius 3 is 2.10 bits per heavy atom. The highest BCUT2D eigenvalue weighted by Gasteiger charge is 2.57. The molecule has 0 fully saturated rings. The van der Waals surface area contributed by atoms with Crippen molar-refractivity contribution in [2.75, 3.05) is 11.1 Å². The summed E-state index contributed by atoms with van der Waals surface area (Å²) in [5.74, 6) is -6.00. The van der Waals surface area contributed by atoms with Crippen LogP contribution >= 0.6 is 0 Å². The molecule has 5 nitrogen and oxygen atoms in total. The first-order valence-corrected chi connectivity index (χ1v) is 5.01.